The number of hydrogen-bond donors (Lipinski definition) is 1. The monoisotopic (exact) mass is 201 g/mol. The molecule has 4 unspecified atom stereocenters. The summed E-state index contributed by atoms with van der Waals surface area (Å²) in [6, 6.07) is 0. The van der Waals surface area contributed by atoms with E-state index in [2.05, 4.69) is 0 Å². The maximum absolute atomic E-state index is 10.7. The zero-order chi connectivity index (χ0) is 9.26. The second-order valence-electron chi connectivity index (χ2n) is 4.41. The van der Waals surface area contributed by atoms with E-state index in [0.717, 1.165) is 12.8 Å². The summed E-state index contributed by atoms with van der Waals surface area (Å²) in [7, 11) is 0. The summed E-state index contributed by atoms with van der Waals surface area (Å²) in [5.41, 5.74) is 0. The quantitative estimate of drug-likeness (QED) is 0.656. The molecule has 0 radical (unpaired) electrons. The summed E-state index contributed by atoms with van der Waals surface area (Å²) >= 11 is 0.610. The Labute approximate surface area is 83.2 Å². The zero-order valence-corrected chi connectivity index (χ0v) is 8.63. The molecule has 13 heavy (non-hydrogen) atoms. The first-order chi connectivity index (χ1) is 6.33. The molecule has 2 aliphatic carbocycles. The minimum atomic E-state index is -0.318. The van der Waals surface area contributed by atoms with Gasteiger partial charge < -0.3 is 5.11 Å². The fourth-order valence-corrected chi connectivity index (χ4v) is 3.52. The van der Waals surface area contributed by atoms with E-state index in [-0.39, 0.29) is 11.4 Å². The van der Waals surface area contributed by atoms with E-state index in [1.165, 1.54) is 25.7 Å². The molecule has 2 aliphatic rings. The third-order valence-corrected chi connectivity index (χ3v) is 4.49. The smallest absolute Gasteiger partial charge is 0.387 e. The number of aliphatic hydroxyl groups is 1. The highest BCUT2D eigenvalue weighted by Crippen LogP contribution is 2.40. The lowest BCUT2D eigenvalue weighted by molar-refractivity contribution is 0.0150. The Kier molecular flexibility index (Phi) is 2.94. The molecule has 0 heterocycles. The van der Waals surface area contributed by atoms with Crippen molar-refractivity contribution in [2.45, 2.75) is 49.9 Å². The van der Waals surface area contributed by atoms with Crippen LogP contribution in [-0.2, 0) is 15.9 Å². The summed E-state index contributed by atoms with van der Waals surface area (Å²) in [6.07, 6.45) is 6.76. The number of fused-ring (bicyclic) bond motifs is 1. The van der Waals surface area contributed by atoms with E-state index < -0.39 is 0 Å². The van der Waals surface area contributed by atoms with Gasteiger partial charge in [-0.3, -0.25) is 0 Å². The van der Waals surface area contributed by atoms with Gasteiger partial charge >= 0.3 is 11.7 Å². The molecule has 1 N–H and O–H groups in total. The Morgan fingerprint density at radius 3 is 2.62 bits per heavy atom. The van der Waals surface area contributed by atoms with Gasteiger partial charge in [-0.1, -0.05) is 19.3 Å². The molecule has 0 bridgehead atoms. The second kappa shape index (κ2) is 4.01. The predicted octanol–water partition coefficient (Wildman–Crippen LogP) is 1.74. The van der Waals surface area contributed by atoms with E-state index in [0.29, 0.717) is 23.5 Å². The van der Waals surface area contributed by atoms with E-state index in [9.17, 15) is 9.32 Å². The van der Waals surface area contributed by atoms with E-state index >= 15 is 0 Å². The van der Waals surface area contributed by atoms with Crippen molar-refractivity contribution in [3.63, 3.8) is 0 Å². The maximum atomic E-state index is 10.7. The molecule has 2 rings (SSSR count). The Morgan fingerprint density at radius 1 is 1.08 bits per heavy atom. The lowest BCUT2D eigenvalue weighted by Gasteiger charge is -2.38. The van der Waals surface area contributed by atoms with Crippen LogP contribution in [0.4, 0.5) is 0 Å². The van der Waals surface area contributed by atoms with E-state index in [1.54, 1.807) is 0 Å². The van der Waals surface area contributed by atoms with Crippen LogP contribution in [0.25, 0.3) is 0 Å². The third-order valence-electron chi connectivity index (χ3n) is 3.73. The summed E-state index contributed by atoms with van der Waals surface area (Å²) in [4.78, 5) is 0. The summed E-state index contributed by atoms with van der Waals surface area (Å²) in [6.45, 7) is 0. The van der Waals surface area contributed by atoms with Gasteiger partial charge in [0.1, 0.15) is 6.10 Å². The molecule has 2 fully saturated rings. The Hall–Kier alpha value is -0.0200. The highest BCUT2D eigenvalue weighted by atomic mass is 32.1. The lowest BCUT2D eigenvalue weighted by Crippen LogP contribution is -2.43. The molecule has 0 aromatic heterocycles. The van der Waals surface area contributed by atoms with Crippen LogP contribution in [0.2, 0.25) is 0 Å². The van der Waals surface area contributed by atoms with Crippen molar-refractivity contribution in [1.29, 1.82) is 0 Å². The summed E-state index contributed by atoms with van der Waals surface area (Å²) < 4.78 is 10.7. The predicted molar refractivity (Wildman–Crippen MR) is 52.5 cm³/mol. The van der Waals surface area contributed by atoms with Crippen molar-refractivity contribution in [3.8, 4) is 0 Å². The molecule has 4 atom stereocenters. The van der Waals surface area contributed by atoms with Crippen molar-refractivity contribution in [1.82, 2.24) is 0 Å². The molecular weight excluding hydrogens is 184 g/mol. The summed E-state index contributed by atoms with van der Waals surface area (Å²) in [5.74, 6) is 1.15. The average molecular weight is 201 g/mol. The van der Waals surface area contributed by atoms with Crippen LogP contribution in [0, 0.1) is 11.8 Å². The minimum absolute atomic E-state index is 0.0284. The SMILES string of the molecule is O=[S+]C1CCC2CCCCC2C1O. The van der Waals surface area contributed by atoms with Gasteiger partial charge in [0.05, 0.1) is 0 Å². The van der Waals surface area contributed by atoms with Crippen LogP contribution in [0.3, 0.4) is 0 Å². The van der Waals surface area contributed by atoms with Crippen LogP contribution in [0.15, 0.2) is 0 Å². The topological polar surface area (TPSA) is 37.3 Å². The Balaban J connectivity index is 2.04. The van der Waals surface area contributed by atoms with Crippen LogP contribution < -0.4 is 0 Å². The Bertz CT molecular complexity index is 195. The van der Waals surface area contributed by atoms with Gasteiger partial charge in [-0.15, -0.1) is 0 Å². The molecule has 2 nitrogen and oxygen atoms in total. The highest BCUT2D eigenvalue weighted by molar-refractivity contribution is 7.66. The van der Waals surface area contributed by atoms with Crippen molar-refractivity contribution < 1.29 is 9.32 Å². The van der Waals surface area contributed by atoms with Gasteiger partial charge in [0.2, 0.25) is 0 Å². The first-order valence-electron chi connectivity index (χ1n) is 5.29. The number of aliphatic hydroxyl groups excluding tert-OH is 1. The van der Waals surface area contributed by atoms with Gasteiger partial charge in [-0.05, 0) is 24.7 Å². The maximum Gasteiger partial charge on any atom is 0.464 e. The molecule has 0 aliphatic heterocycles. The zero-order valence-electron chi connectivity index (χ0n) is 7.82. The number of rotatable bonds is 1. The molecule has 0 aromatic carbocycles. The van der Waals surface area contributed by atoms with E-state index in [4.69, 9.17) is 0 Å². The van der Waals surface area contributed by atoms with Crippen LogP contribution in [0.5, 0.6) is 0 Å². The van der Waals surface area contributed by atoms with Crippen molar-refractivity contribution >= 4 is 11.7 Å². The molecule has 0 saturated heterocycles. The molecule has 3 heteroatoms. The van der Waals surface area contributed by atoms with Gasteiger partial charge in [0, 0.05) is 10.6 Å². The van der Waals surface area contributed by atoms with Crippen LogP contribution in [-0.4, -0.2) is 16.5 Å². The molecule has 0 amide bonds. The molecule has 0 spiro atoms. The number of hydrogen-bond acceptors (Lipinski definition) is 2. The van der Waals surface area contributed by atoms with Crippen molar-refractivity contribution in [2.75, 3.05) is 0 Å². The standard InChI is InChI=1S/C10H17O2S/c11-10-8-4-2-1-3-7(8)5-6-9(10)13-12/h7-11H,1-6H2/q+1. The van der Waals surface area contributed by atoms with Gasteiger partial charge in [-0.25, -0.2) is 0 Å². The Morgan fingerprint density at radius 2 is 1.85 bits per heavy atom. The normalized spacial score (nSPS) is 45.3. The van der Waals surface area contributed by atoms with Gasteiger partial charge in [-0.2, -0.15) is 0 Å². The lowest BCUT2D eigenvalue weighted by atomic mass is 9.69. The highest BCUT2D eigenvalue weighted by Gasteiger charge is 2.45. The van der Waals surface area contributed by atoms with Crippen LogP contribution >= 0.6 is 0 Å². The molecule has 2 saturated carbocycles. The fraction of sp³-hybridized carbons (Fsp3) is 1.00. The van der Waals surface area contributed by atoms with Crippen molar-refractivity contribution in [2.24, 2.45) is 11.8 Å². The third kappa shape index (κ3) is 1.77. The summed E-state index contributed by atoms with van der Waals surface area (Å²) in [5, 5.41) is 9.91. The molecular formula is C10H17O2S+. The largest absolute Gasteiger partial charge is 0.464 e. The average Bonchev–Trinajstić information content (AvgIpc) is 2.19. The van der Waals surface area contributed by atoms with Gasteiger partial charge in [0.25, 0.3) is 5.25 Å². The first-order valence-corrected chi connectivity index (χ1v) is 6.10. The van der Waals surface area contributed by atoms with E-state index in [1.807, 2.05) is 0 Å². The second-order valence-corrected chi connectivity index (χ2v) is 5.21. The molecule has 74 valence electrons. The minimum Gasteiger partial charge on any atom is -0.387 e. The van der Waals surface area contributed by atoms with Gasteiger partial charge in [0.15, 0.2) is 0 Å². The van der Waals surface area contributed by atoms with Crippen molar-refractivity contribution in [3.05, 3.63) is 0 Å². The molecule has 0 aromatic rings. The first kappa shape index (κ1) is 9.53. The fourth-order valence-electron chi connectivity index (χ4n) is 2.97. The van der Waals surface area contributed by atoms with Crippen LogP contribution in [0.1, 0.15) is 38.5 Å².